The van der Waals surface area contributed by atoms with Gasteiger partial charge in [0.15, 0.2) is 0 Å². The first-order valence-corrected chi connectivity index (χ1v) is 8.16. The number of halogens is 2. The lowest BCUT2D eigenvalue weighted by molar-refractivity contribution is 0.0655. The van der Waals surface area contributed by atoms with Gasteiger partial charge in [-0.3, -0.25) is 9.78 Å². The van der Waals surface area contributed by atoms with Crippen LogP contribution in [0.1, 0.15) is 34.4 Å². The van der Waals surface area contributed by atoms with E-state index in [-0.39, 0.29) is 36.8 Å². The predicted octanol–water partition coefficient (Wildman–Crippen LogP) is 2.83. The Kier molecular flexibility index (Phi) is 7.93. The van der Waals surface area contributed by atoms with Crippen LogP contribution in [0, 0.1) is 13.8 Å². The van der Waals surface area contributed by atoms with E-state index in [1.807, 2.05) is 43.0 Å². The molecule has 25 heavy (non-hydrogen) atoms. The Balaban J connectivity index is 0.00000156. The standard InChI is InChI=1S/C18H24N4O.2ClH/c1-13-10-17(18(23)21-9-8-19-11-14(21)2)15(3)22(13)12-16-6-4-5-7-20-16;;/h4-7,10,14,19H,8-9,11-12H2,1-3H3;2*1H/t14-;;/m1../s1. The van der Waals surface area contributed by atoms with Gasteiger partial charge in [-0.1, -0.05) is 6.07 Å². The number of pyridine rings is 1. The zero-order chi connectivity index (χ0) is 16.4. The molecule has 5 nitrogen and oxygen atoms in total. The smallest absolute Gasteiger partial charge is 0.256 e. The fourth-order valence-electron chi connectivity index (χ4n) is 3.21. The second kappa shape index (κ2) is 9.22. The Morgan fingerprint density at radius 2 is 2.08 bits per heavy atom. The quantitative estimate of drug-likeness (QED) is 0.884. The molecular formula is C18H26Cl2N4O. The summed E-state index contributed by atoms with van der Waals surface area (Å²) in [6.07, 6.45) is 1.80. The third-order valence-corrected chi connectivity index (χ3v) is 4.61. The molecule has 1 aliphatic rings. The number of amides is 1. The summed E-state index contributed by atoms with van der Waals surface area (Å²) in [5, 5.41) is 3.33. The van der Waals surface area contributed by atoms with E-state index in [0.29, 0.717) is 6.54 Å². The van der Waals surface area contributed by atoms with Gasteiger partial charge in [0.1, 0.15) is 0 Å². The molecule has 1 N–H and O–H groups in total. The molecule has 2 aromatic rings. The van der Waals surface area contributed by atoms with Gasteiger partial charge in [0.2, 0.25) is 0 Å². The van der Waals surface area contributed by atoms with Gasteiger partial charge < -0.3 is 14.8 Å². The summed E-state index contributed by atoms with van der Waals surface area (Å²) in [5.74, 6) is 0.138. The molecule has 1 fully saturated rings. The number of nitrogens with one attached hydrogen (secondary N) is 1. The number of hydrogen-bond acceptors (Lipinski definition) is 3. The van der Waals surface area contributed by atoms with E-state index in [2.05, 4.69) is 21.8 Å². The third kappa shape index (κ3) is 4.54. The van der Waals surface area contributed by atoms with Crippen LogP contribution in [0.5, 0.6) is 0 Å². The van der Waals surface area contributed by atoms with Crippen molar-refractivity contribution in [1.29, 1.82) is 0 Å². The molecule has 0 aliphatic carbocycles. The highest BCUT2D eigenvalue weighted by Gasteiger charge is 2.26. The van der Waals surface area contributed by atoms with Gasteiger partial charge in [-0.25, -0.2) is 0 Å². The monoisotopic (exact) mass is 384 g/mol. The fourth-order valence-corrected chi connectivity index (χ4v) is 3.21. The zero-order valence-corrected chi connectivity index (χ0v) is 16.5. The highest BCUT2D eigenvalue weighted by Crippen LogP contribution is 2.20. The molecule has 1 amide bonds. The molecule has 0 saturated carbocycles. The van der Waals surface area contributed by atoms with Crippen LogP contribution in [-0.4, -0.2) is 46.0 Å². The highest BCUT2D eigenvalue weighted by atomic mass is 35.5. The minimum absolute atomic E-state index is 0. The van der Waals surface area contributed by atoms with Crippen LogP contribution in [-0.2, 0) is 6.54 Å². The van der Waals surface area contributed by atoms with Crippen molar-refractivity contribution in [3.05, 3.63) is 53.1 Å². The summed E-state index contributed by atoms with van der Waals surface area (Å²) < 4.78 is 2.17. The van der Waals surface area contributed by atoms with Gasteiger partial charge in [0.25, 0.3) is 5.91 Å². The summed E-state index contributed by atoms with van der Waals surface area (Å²) in [6.45, 7) is 9.36. The summed E-state index contributed by atoms with van der Waals surface area (Å²) >= 11 is 0. The molecule has 3 rings (SSSR count). The van der Waals surface area contributed by atoms with Crippen molar-refractivity contribution in [2.45, 2.75) is 33.4 Å². The second-order valence-electron chi connectivity index (χ2n) is 6.24. The molecule has 7 heteroatoms. The van der Waals surface area contributed by atoms with E-state index in [0.717, 1.165) is 42.3 Å². The van der Waals surface area contributed by atoms with E-state index in [1.54, 1.807) is 6.20 Å². The Hall–Kier alpha value is -1.56. The first kappa shape index (κ1) is 21.5. The molecular weight excluding hydrogens is 359 g/mol. The topological polar surface area (TPSA) is 50.2 Å². The lowest BCUT2D eigenvalue weighted by Gasteiger charge is -2.34. The van der Waals surface area contributed by atoms with Crippen molar-refractivity contribution in [2.24, 2.45) is 0 Å². The molecule has 0 spiro atoms. The number of rotatable bonds is 3. The Bertz CT molecular complexity index is 703. The lowest BCUT2D eigenvalue weighted by Crippen LogP contribution is -2.52. The minimum Gasteiger partial charge on any atom is -0.342 e. The van der Waals surface area contributed by atoms with Crippen LogP contribution in [0.25, 0.3) is 0 Å². The molecule has 1 saturated heterocycles. The van der Waals surface area contributed by atoms with Gasteiger partial charge in [-0.2, -0.15) is 0 Å². The summed E-state index contributed by atoms with van der Waals surface area (Å²) in [5.41, 5.74) is 3.93. The Morgan fingerprint density at radius 3 is 2.72 bits per heavy atom. The minimum atomic E-state index is 0. The molecule has 1 atom stereocenters. The largest absolute Gasteiger partial charge is 0.342 e. The number of aryl methyl sites for hydroxylation is 1. The van der Waals surface area contributed by atoms with Crippen LogP contribution in [0.2, 0.25) is 0 Å². The van der Waals surface area contributed by atoms with Gasteiger partial charge >= 0.3 is 0 Å². The maximum absolute atomic E-state index is 12.9. The number of piperazine rings is 1. The van der Waals surface area contributed by atoms with Crippen molar-refractivity contribution in [3.8, 4) is 0 Å². The molecule has 2 aromatic heterocycles. The van der Waals surface area contributed by atoms with Crippen LogP contribution in [0.3, 0.4) is 0 Å². The molecule has 0 bridgehead atoms. The fraction of sp³-hybridized carbons (Fsp3) is 0.444. The summed E-state index contributed by atoms with van der Waals surface area (Å²) in [6, 6.07) is 8.16. The van der Waals surface area contributed by atoms with E-state index in [1.165, 1.54) is 0 Å². The number of nitrogens with zero attached hydrogens (tertiary/aromatic N) is 3. The van der Waals surface area contributed by atoms with Crippen molar-refractivity contribution < 1.29 is 4.79 Å². The Labute approximate surface area is 161 Å². The van der Waals surface area contributed by atoms with E-state index < -0.39 is 0 Å². The average molecular weight is 385 g/mol. The number of carbonyl (C=O) groups is 1. The van der Waals surface area contributed by atoms with Crippen LogP contribution >= 0.6 is 24.8 Å². The first-order chi connectivity index (χ1) is 11.1. The molecule has 3 heterocycles. The SMILES string of the molecule is Cc1cc(C(=O)N2CCNC[C@H]2C)c(C)n1Cc1ccccn1.Cl.Cl. The number of carbonyl (C=O) groups excluding carboxylic acids is 1. The van der Waals surface area contributed by atoms with Crippen LogP contribution in [0.15, 0.2) is 30.5 Å². The van der Waals surface area contributed by atoms with Crippen molar-refractivity contribution in [1.82, 2.24) is 19.8 Å². The van der Waals surface area contributed by atoms with Gasteiger partial charge in [-0.05, 0) is 39.0 Å². The van der Waals surface area contributed by atoms with E-state index >= 15 is 0 Å². The molecule has 0 aromatic carbocycles. The summed E-state index contributed by atoms with van der Waals surface area (Å²) in [4.78, 5) is 19.3. The average Bonchev–Trinajstić information content (AvgIpc) is 2.84. The van der Waals surface area contributed by atoms with Gasteiger partial charge in [0.05, 0.1) is 17.8 Å². The molecule has 138 valence electrons. The molecule has 0 radical (unpaired) electrons. The number of hydrogen-bond donors (Lipinski definition) is 1. The van der Waals surface area contributed by atoms with Crippen molar-refractivity contribution >= 4 is 30.7 Å². The van der Waals surface area contributed by atoms with Crippen LogP contribution in [0.4, 0.5) is 0 Å². The van der Waals surface area contributed by atoms with Crippen molar-refractivity contribution in [2.75, 3.05) is 19.6 Å². The van der Waals surface area contributed by atoms with Crippen molar-refractivity contribution in [3.63, 3.8) is 0 Å². The maximum Gasteiger partial charge on any atom is 0.256 e. The molecule has 0 unspecified atom stereocenters. The lowest BCUT2D eigenvalue weighted by atomic mass is 10.1. The molecule has 1 aliphatic heterocycles. The Morgan fingerprint density at radius 1 is 1.32 bits per heavy atom. The first-order valence-electron chi connectivity index (χ1n) is 8.16. The maximum atomic E-state index is 12.9. The van der Waals surface area contributed by atoms with Gasteiger partial charge in [-0.15, -0.1) is 24.8 Å². The highest BCUT2D eigenvalue weighted by molar-refractivity contribution is 5.96. The summed E-state index contributed by atoms with van der Waals surface area (Å²) in [7, 11) is 0. The third-order valence-electron chi connectivity index (χ3n) is 4.61. The van der Waals surface area contributed by atoms with Crippen LogP contribution < -0.4 is 5.32 Å². The second-order valence-corrected chi connectivity index (χ2v) is 6.24. The van der Waals surface area contributed by atoms with E-state index in [9.17, 15) is 4.79 Å². The number of aromatic nitrogens is 2. The van der Waals surface area contributed by atoms with Gasteiger partial charge in [0, 0.05) is 43.3 Å². The normalized spacial score (nSPS) is 16.8. The predicted molar refractivity (Wildman–Crippen MR) is 105 cm³/mol. The zero-order valence-electron chi connectivity index (χ0n) is 14.9. The van der Waals surface area contributed by atoms with E-state index in [4.69, 9.17) is 0 Å².